The molecular formula is C13H14BrNO3. The molecule has 0 aromatic heterocycles. The van der Waals surface area contributed by atoms with Crippen LogP contribution in [0.3, 0.4) is 0 Å². The molecule has 1 aromatic rings. The number of fused-ring (bicyclic) bond motifs is 1. The number of carbonyl (C=O) groups excluding carboxylic acids is 2. The van der Waals surface area contributed by atoms with Crippen LogP contribution in [0.15, 0.2) is 16.6 Å². The van der Waals surface area contributed by atoms with Gasteiger partial charge in [0, 0.05) is 22.8 Å². The molecule has 18 heavy (non-hydrogen) atoms. The smallest absolute Gasteiger partial charge is 0.337 e. The van der Waals surface area contributed by atoms with E-state index in [0.29, 0.717) is 5.56 Å². The summed E-state index contributed by atoms with van der Waals surface area (Å²) in [5, 5.41) is 0. The van der Waals surface area contributed by atoms with Crippen molar-refractivity contribution in [1.82, 2.24) is 0 Å². The molecule has 1 aliphatic heterocycles. The number of hydrogen-bond donors (Lipinski definition) is 0. The summed E-state index contributed by atoms with van der Waals surface area (Å²) in [6.45, 7) is 3.75. The molecule has 96 valence electrons. The maximum absolute atomic E-state index is 12.2. The van der Waals surface area contributed by atoms with Crippen molar-refractivity contribution in [2.45, 2.75) is 19.3 Å². The standard InChI is InChI=1S/C13H14BrNO3/c1-13(2)10-8(14)5-7(11(16)18-4)6-9(10)15(3)12(13)17/h5-6H,1-4H3. The molecule has 0 N–H and O–H groups in total. The minimum Gasteiger partial charge on any atom is -0.465 e. The highest BCUT2D eigenvalue weighted by Gasteiger charge is 2.44. The quantitative estimate of drug-likeness (QED) is 0.749. The van der Waals surface area contributed by atoms with Crippen LogP contribution in [0.4, 0.5) is 5.69 Å². The molecule has 4 nitrogen and oxygen atoms in total. The first-order valence-corrected chi connectivity index (χ1v) is 6.30. The minimum absolute atomic E-state index is 0.0141. The largest absolute Gasteiger partial charge is 0.465 e. The summed E-state index contributed by atoms with van der Waals surface area (Å²) in [7, 11) is 3.05. The summed E-state index contributed by atoms with van der Waals surface area (Å²) in [6, 6.07) is 3.39. The maximum Gasteiger partial charge on any atom is 0.337 e. The molecule has 2 rings (SSSR count). The Balaban J connectivity index is 2.68. The predicted molar refractivity (Wildman–Crippen MR) is 71.9 cm³/mol. The van der Waals surface area contributed by atoms with Gasteiger partial charge < -0.3 is 9.64 Å². The van der Waals surface area contributed by atoms with E-state index in [0.717, 1.165) is 15.7 Å². The van der Waals surface area contributed by atoms with Gasteiger partial charge in [-0.3, -0.25) is 4.79 Å². The highest BCUT2D eigenvalue weighted by molar-refractivity contribution is 9.10. The summed E-state index contributed by atoms with van der Waals surface area (Å²) in [6.07, 6.45) is 0. The van der Waals surface area contributed by atoms with Crippen molar-refractivity contribution >= 4 is 33.5 Å². The Morgan fingerprint density at radius 2 is 2.00 bits per heavy atom. The lowest BCUT2D eigenvalue weighted by Gasteiger charge is -2.17. The Kier molecular flexibility index (Phi) is 2.97. The van der Waals surface area contributed by atoms with Crippen molar-refractivity contribution in [2.75, 3.05) is 19.1 Å². The Bertz CT molecular complexity index is 551. The molecule has 1 aliphatic rings. The van der Waals surface area contributed by atoms with Crippen molar-refractivity contribution in [3.05, 3.63) is 27.7 Å². The lowest BCUT2D eigenvalue weighted by molar-refractivity contribution is -0.121. The van der Waals surface area contributed by atoms with E-state index >= 15 is 0 Å². The number of benzene rings is 1. The number of hydrogen-bond acceptors (Lipinski definition) is 3. The Morgan fingerprint density at radius 3 is 2.56 bits per heavy atom. The van der Waals surface area contributed by atoms with Crippen molar-refractivity contribution in [2.24, 2.45) is 0 Å². The van der Waals surface area contributed by atoms with Gasteiger partial charge in [0.05, 0.1) is 18.1 Å². The normalized spacial score (nSPS) is 16.7. The van der Waals surface area contributed by atoms with Gasteiger partial charge in [-0.2, -0.15) is 0 Å². The lowest BCUT2D eigenvalue weighted by Crippen LogP contribution is -2.33. The van der Waals surface area contributed by atoms with Gasteiger partial charge in [0.2, 0.25) is 5.91 Å². The Morgan fingerprint density at radius 1 is 1.39 bits per heavy atom. The van der Waals surface area contributed by atoms with Gasteiger partial charge in [-0.1, -0.05) is 15.9 Å². The maximum atomic E-state index is 12.2. The number of amides is 1. The third kappa shape index (κ3) is 1.65. The van der Waals surface area contributed by atoms with Gasteiger partial charge in [0.15, 0.2) is 0 Å². The molecule has 1 amide bonds. The SMILES string of the molecule is COC(=O)c1cc(Br)c2c(c1)N(C)C(=O)C2(C)C. The molecule has 0 radical (unpaired) electrons. The number of carbonyl (C=O) groups is 2. The van der Waals surface area contributed by atoms with Crippen LogP contribution in [0.5, 0.6) is 0 Å². The van der Waals surface area contributed by atoms with Crippen LogP contribution in [0.25, 0.3) is 0 Å². The van der Waals surface area contributed by atoms with Crippen molar-refractivity contribution in [3.8, 4) is 0 Å². The van der Waals surface area contributed by atoms with Crippen molar-refractivity contribution < 1.29 is 14.3 Å². The fourth-order valence-electron chi connectivity index (χ4n) is 2.35. The fraction of sp³-hybridized carbons (Fsp3) is 0.385. The fourth-order valence-corrected chi connectivity index (χ4v) is 3.29. The zero-order valence-electron chi connectivity index (χ0n) is 10.7. The minimum atomic E-state index is -0.586. The first-order valence-electron chi connectivity index (χ1n) is 5.51. The number of esters is 1. The average Bonchev–Trinajstić information content (AvgIpc) is 2.50. The van der Waals surface area contributed by atoms with E-state index in [1.165, 1.54) is 7.11 Å². The van der Waals surface area contributed by atoms with E-state index in [1.54, 1.807) is 24.1 Å². The van der Waals surface area contributed by atoms with Gasteiger partial charge in [-0.15, -0.1) is 0 Å². The zero-order valence-corrected chi connectivity index (χ0v) is 12.3. The molecule has 0 atom stereocenters. The topological polar surface area (TPSA) is 46.6 Å². The molecular weight excluding hydrogens is 298 g/mol. The van der Waals surface area contributed by atoms with Crippen LogP contribution in [0.2, 0.25) is 0 Å². The molecule has 0 saturated carbocycles. The molecule has 0 unspecified atom stereocenters. The first-order chi connectivity index (χ1) is 8.30. The number of methoxy groups -OCH3 is 1. The number of anilines is 1. The number of rotatable bonds is 1. The van der Waals surface area contributed by atoms with Crippen molar-refractivity contribution in [1.29, 1.82) is 0 Å². The van der Waals surface area contributed by atoms with E-state index in [1.807, 2.05) is 13.8 Å². The molecule has 0 saturated heterocycles. The first kappa shape index (κ1) is 13.1. The van der Waals surface area contributed by atoms with E-state index in [9.17, 15) is 9.59 Å². The third-order valence-corrected chi connectivity index (χ3v) is 3.94. The Labute approximate surface area is 114 Å². The van der Waals surface area contributed by atoms with Gasteiger partial charge >= 0.3 is 5.97 Å². The Hall–Kier alpha value is -1.36. The van der Waals surface area contributed by atoms with Crippen molar-refractivity contribution in [3.63, 3.8) is 0 Å². The molecule has 5 heteroatoms. The summed E-state index contributed by atoms with van der Waals surface area (Å²) in [5.74, 6) is -0.399. The molecule has 0 bridgehead atoms. The van der Waals surface area contributed by atoms with Gasteiger partial charge in [0.1, 0.15) is 0 Å². The third-order valence-electron chi connectivity index (χ3n) is 3.32. The molecule has 0 aliphatic carbocycles. The second-order valence-corrected chi connectivity index (χ2v) is 5.69. The highest BCUT2D eigenvalue weighted by Crippen LogP contribution is 2.45. The second-order valence-electron chi connectivity index (χ2n) is 4.83. The molecule has 1 heterocycles. The highest BCUT2D eigenvalue weighted by atomic mass is 79.9. The van der Waals surface area contributed by atoms with E-state index < -0.39 is 11.4 Å². The van der Waals surface area contributed by atoms with Crippen LogP contribution >= 0.6 is 15.9 Å². The monoisotopic (exact) mass is 311 g/mol. The number of halogens is 1. The van der Waals surface area contributed by atoms with Gasteiger partial charge in [-0.05, 0) is 26.0 Å². The number of ether oxygens (including phenoxy) is 1. The molecule has 0 spiro atoms. The van der Waals surface area contributed by atoms with Crippen LogP contribution in [0, 0.1) is 0 Å². The predicted octanol–water partition coefficient (Wildman–Crippen LogP) is 2.49. The van der Waals surface area contributed by atoms with Crippen LogP contribution in [0.1, 0.15) is 29.8 Å². The molecule has 1 aromatic carbocycles. The molecule has 0 fully saturated rings. The summed E-state index contributed by atoms with van der Waals surface area (Å²) >= 11 is 3.44. The number of likely N-dealkylation sites (N-methyl/N-ethyl adjacent to an activating group) is 1. The van der Waals surface area contributed by atoms with E-state index in [-0.39, 0.29) is 5.91 Å². The summed E-state index contributed by atoms with van der Waals surface area (Å²) in [4.78, 5) is 25.3. The van der Waals surface area contributed by atoms with Gasteiger partial charge in [-0.25, -0.2) is 4.79 Å². The summed E-state index contributed by atoms with van der Waals surface area (Å²) < 4.78 is 5.45. The van der Waals surface area contributed by atoms with Crippen LogP contribution in [-0.2, 0) is 14.9 Å². The zero-order chi connectivity index (χ0) is 13.7. The van der Waals surface area contributed by atoms with Gasteiger partial charge in [0.25, 0.3) is 0 Å². The summed E-state index contributed by atoms with van der Waals surface area (Å²) in [5.41, 5.74) is 1.50. The average molecular weight is 312 g/mol. The number of nitrogens with zero attached hydrogens (tertiary/aromatic N) is 1. The van der Waals surface area contributed by atoms with E-state index in [4.69, 9.17) is 4.74 Å². The van der Waals surface area contributed by atoms with Crippen LogP contribution < -0.4 is 4.90 Å². The van der Waals surface area contributed by atoms with E-state index in [2.05, 4.69) is 15.9 Å². The second kappa shape index (κ2) is 4.09. The van der Waals surface area contributed by atoms with Crippen LogP contribution in [-0.4, -0.2) is 26.0 Å². The lowest BCUT2D eigenvalue weighted by atomic mass is 9.86.